The molecule has 2 aliphatic rings. The summed E-state index contributed by atoms with van der Waals surface area (Å²) in [6.45, 7) is 4.75. The Bertz CT molecular complexity index is 3270. The van der Waals surface area contributed by atoms with Crippen molar-refractivity contribution in [3.63, 3.8) is 0 Å². The number of benzene rings is 7. The van der Waals surface area contributed by atoms with E-state index in [1.165, 1.54) is 98.4 Å². The third kappa shape index (κ3) is 5.23. The lowest BCUT2D eigenvalue weighted by Crippen LogP contribution is -2.29. The molecule has 0 aliphatic heterocycles. The first-order valence-corrected chi connectivity index (χ1v) is 19.8. The summed E-state index contributed by atoms with van der Waals surface area (Å²) in [6.07, 6.45) is 6.95. The smallest absolute Gasteiger partial charge is 0.136 e. The van der Waals surface area contributed by atoms with Gasteiger partial charge in [-0.25, -0.2) is 0 Å². The monoisotopic (exact) mass is 716 g/mol. The van der Waals surface area contributed by atoms with Crippen LogP contribution in [-0.4, -0.2) is 0 Å². The second-order valence-electron chi connectivity index (χ2n) is 16.0. The molecule has 0 spiro atoms. The minimum absolute atomic E-state index is 0.122. The molecule has 8 aromatic carbocycles. The van der Waals surface area contributed by atoms with Crippen LogP contribution in [0.3, 0.4) is 0 Å². The number of para-hydroxylation sites is 1. The van der Waals surface area contributed by atoms with E-state index in [9.17, 15) is 0 Å². The Balaban J connectivity index is 1.08. The standard InChI is InChI=1S/C55H40O/c1-55(2)51-27-26-40(30-48(51)49-31-42-34-54-50(32-41(42)33-52(49)55)47-20-12-13-21-53(47)56-54)44-17-9-4-3-8-16-43(45-18-10-11-19-46(44)45)39-25-24-37-28-36(22-23-38(37)29-39)35-14-6-5-7-15-35/h3-9,12-34H,10-11H2,1-2H3. The molecule has 1 heterocycles. The zero-order valence-electron chi connectivity index (χ0n) is 31.6. The fraction of sp³-hybridized carbons (Fsp3) is 0.0909. The molecule has 0 saturated carbocycles. The summed E-state index contributed by atoms with van der Waals surface area (Å²) in [5.41, 5.74) is 14.6. The second kappa shape index (κ2) is 12.7. The van der Waals surface area contributed by atoms with Crippen LogP contribution in [0, 0.1) is 0 Å². The quantitative estimate of drug-likeness (QED) is 0.177. The zero-order chi connectivity index (χ0) is 37.4. The molecule has 1 aromatic heterocycles. The minimum Gasteiger partial charge on any atom is -0.456 e. The third-order valence-electron chi connectivity index (χ3n) is 12.3. The van der Waals surface area contributed by atoms with Crippen LogP contribution >= 0.6 is 0 Å². The summed E-state index contributed by atoms with van der Waals surface area (Å²) < 4.78 is 6.33. The molecule has 0 fully saturated rings. The van der Waals surface area contributed by atoms with E-state index in [2.05, 4.69) is 190 Å². The predicted octanol–water partition coefficient (Wildman–Crippen LogP) is 13.7. The predicted molar refractivity (Wildman–Crippen MR) is 238 cm³/mol. The molecule has 1 nitrogen and oxygen atoms in total. The van der Waals surface area contributed by atoms with Gasteiger partial charge in [0, 0.05) is 16.2 Å². The van der Waals surface area contributed by atoms with E-state index in [4.69, 9.17) is 4.42 Å². The van der Waals surface area contributed by atoms with Crippen LogP contribution in [0.1, 0.15) is 37.8 Å². The van der Waals surface area contributed by atoms with Crippen LogP contribution in [0.5, 0.6) is 0 Å². The maximum absolute atomic E-state index is 6.33. The molecular weight excluding hydrogens is 677 g/mol. The Kier molecular flexibility index (Phi) is 7.41. The SMILES string of the molecule is CC1(C)c2ccc(-c3ccccccc(-c4ccc5cc(-c6ccccc6)ccc5c4)c4c3=CCCC=4)cc2-c2cc3cc4oc5ccccc5c4cc3cc21. The lowest BCUT2D eigenvalue weighted by molar-refractivity contribution is 0.661. The van der Waals surface area contributed by atoms with Crippen LogP contribution in [0.4, 0.5) is 0 Å². The van der Waals surface area contributed by atoms with E-state index >= 15 is 0 Å². The molecule has 0 unspecified atom stereocenters. The number of hydrogen-bond acceptors (Lipinski definition) is 1. The highest BCUT2D eigenvalue weighted by Gasteiger charge is 2.36. The topological polar surface area (TPSA) is 13.1 Å². The van der Waals surface area contributed by atoms with Crippen molar-refractivity contribution in [3.8, 4) is 44.5 Å². The maximum atomic E-state index is 6.33. The van der Waals surface area contributed by atoms with Gasteiger partial charge < -0.3 is 4.42 Å². The molecule has 9 aromatic rings. The minimum atomic E-state index is -0.122. The molecule has 266 valence electrons. The lowest BCUT2D eigenvalue weighted by atomic mass is 9.81. The van der Waals surface area contributed by atoms with Crippen molar-refractivity contribution in [2.75, 3.05) is 0 Å². The van der Waals surface area contributed by atoms with Gasteiger partial charge in [-0.3, -0.25) is 0 Å². The Morgan fingerprint density at radius 3 is 1.73 bits per heavy atom. The van der Waals surface area contributed by atoms with Crippen molar-refractivity contribution in [2.45, 2.75) is 32.1 Å². The van der Waals surface area contributed by atoms with E-state index in [0.29, 0.717) is 0 Å². The Hall–Kier alpha value is -6.70. The summed E-state index contributed by atoms with van der Waals surface area (Å²) in [5.74, 6) is 0. The van der Waals surface area contributed by atoms with Crippen LogP contribution in [-0.2, 0) is 5.41 Å². The summed E-state index contributed by atoms with van der Waals surface area (Å²) in [7, 11) is 0. The van der Waals surface area contributed by atoms with Gasteiger partial charge in [0.15, 0.2) is 0 Å². The van der Waals surface area contributed by atoms with Crippen LogP contribution < -0.4 is 10.4 Å². The van der Waals surface area contributed by atoms with Gasteiger partial charge in [0.1, 0.15) is 11.2 Å². The molecule has 0 radical (unpaired) electrons. The highest BCUT2D eigenvalue weighted by molar-refractivity contribution is 6.11. The third-order valence-corrected chi connectivity index (χ3v) is 12.3. The molecule has 0 atom stereocenters. The lowest BCUT2D eigenvalue weighted by Gasteiger charge is -2.22. The van der Waals surface area contributed by atoms with Crippen LogP contribution in [0.25, 0.3) is 100 Å². The molecular formula is C55H40O. The first-order chi connectivity index (χ1) is 27.5. The van der Waals surface area contributed by atoms with Crippen molar-refractivity contribution in [1.82, 2.24) is 0 Å². The molecule has 2 aliphatic carbocycles. The fourth-order valence-electron chi connectivity index (χ4n) is 9.41. The highest BCUT2D eigenvalue weighted by Crippen LogP contribution is 2.51. The van der Waals surface area contributed by atoms with Gasteiger partial charge in [0.25, 0.3) is 0 Å². The summed E-state index contributed by atoms with van der Waals surface area (Å²) in [4.78, 5) is 0. The molecule has 11 rings (SSSR count). The zero-order valence-corrected chi connectivity index (χ0v) is 31.6. The van der Waals surface area contributed by atoms with Gasteiger partial charge in [0.2, 0.25) is 0 Å². The van der Waals surface area contributed by atoms with Crippen molar-refractivity contribution < 1.29 is 4.42 Å². The van der Waals surface area contributed by atoms with Gasteiger partial charge in [-0.15, -0.1) is 0 Å². The molecule has 1 heteroatoms. The van der Waals surface area contributed by atoms with Crippen molar-refractivity contribution in [1.29, 1.82) is 0 Å². The van der Waals surface area contributed by atoms with Crippen molar-refractivity contribution >= 4 is 55.6 Å². The van der Waals surface area contributed by atoms with E-state index in [1.807, 2.05) is 6.07 Å². The first kappa shape index (κ1) is 32.7. The highest BCUT2D eigenvalue weighted by atomic mass is 16.3. The summed E-state index contributed by atoms with van der Waals surface area (Å²) >= 11 is 0. The van der Waals surface area contributed by atoms with E-state index in [1.54, 1.807) is 0 Å². The number of fused-ring (bicyclic) bond motifs is 9. The second-order valence-corrected chi connectivity index (χ2v) is 16.0. The Morgan fingerprint density at radius 1 is 0.375 bits per heavy atom. The van der Waals surface area contributed by atoms with Gasteiger partial charge >= 0.3 is 0 Å². The Labute approximate surface area is 326 Å². The van der Waals surface area contributed by atoms with Gasteiger partial charge in [-0.2, -0.15) is 0 Å². The number of furan rings is 1. The molecule has 56 heavy (non-hydrogen) atoms. The maximum Gasteiger partial charge on any atom is 0.136 e. The first-order valence-electron chi connectivity index (χ1n) is 19.8. The van der Waals surface area contributed by atoms with E-state index in [-0.39, 0.29) is 5.41 Å². The van der Waals surface area contributed by atoms with E-state index < -0.39 is 0 Å². The average molecular weight is 717 g/mol. The summed E-state index contributed by atoms with van der Waals surface area (Å²) in [5, 5.41) is 9.89. The largest absolute Gasteiger partial charge is 0.456 e. The Morgan fingerprint density at radius 2 is 0.964 bits per heavy atom. The van der Waals surface area contributed by atoms with Crippen LogP contribution in [0.2, 0.25) is 0 Å². The van der Waals surface area contributed by atoms with Gasteiger partial charge in [-0.05, 0) is 149 Å². The van der Waals surface area contributed by atoms with Crippen LogP contribution in [0.15, 0.2) is 174 Å². The number of rotatable bonds is 3. The van der Waals surface area contributed by atoms with E-state index in [0.717, 1.165) is 24.0 Å². The molecule has 0 saturated heterocycles. The van der Waals surface area contributed by atoms with Gasteiger partial charge in [-0.1, -0.05) is 147 Å². The van der Waals surface area contributed by atoms with Gasteiger partial charge in [0.05, 0.1) is 0 Å². The fourth-order valence-corrected chi connectivity index (χ4v) is 9.41. The normalized spacial score (nSPS) is 13.8. The molecule has 0 N–H and O–H groups in total. The molecule has 0 bridgehead atoms. The number of hydrogen-bond donors (Lipinski definition) is 0. The van der Waals surface area contributed by atoms with Crippen molar-refractivity contribution in [2.24, 2.45) is 0 Å². The average Bonchev–Trinajstić information content (AvgIpc) is 3.70. The van der Waals surface area contributed by atoms with Crippen molar-refractivity contribution in [3.05, 3.63) is 191 Å². The molecule has 0 amide bonds. The summed E-state index contributed by atoms with van der Waals surface area (Å²) in [6, 6.07) is 62.6.